The van der Waals surface area contributed by atoms with Crippen LogP contribution < -0.4 is 0 Å². The first-order valence-electron chi connectivity index (χ1n) is 3.80. The number of hydrogen-bond acceptors (Lipinski definition) is 2. The van der Waals surface area contributed by atoms with Gasteiger partial charge in [0.15, 0.2) is 9.84 Å². The minimum Gasteiger partial charge on any atom is -0.229 e. The van der Waals surface area contributed by atoms with Gasteiger partial charge in [-0.3, -0.25) is 0 Å². The summed E-state index contributed by atoms with van der Waals surface area (Å²) in [4.78, 5) is 0. The molecule has 0 aliphatic carbocycles. The second-order valence-corrected chi connectivity index (χ2v) is 4.96. The lowest BCUT2D eigenvalue weighted by Gasteiger charge is -2.10. The van der Waals surface area contributed by atoms with E-state index in [1.807, 2.05) is 13.8 Å². The van der Waals surface area contributed by atoms with Crippen molar-refractivity contribution in [1.29, 1.82) is 0 Å². The van der Waals surface area contributed by atoms with E-state index in [0.717, 1.165) is 12.8 Å². The quantitative estimate of drug-likeness (QED) is 0.632. The molecule has 10 heavy (non-hydrogen) atoms. The molecule has 0 aromatic carbocycles. The minimum atomic E-state index is -2.76. The summed E-state index contributed by atoms with van der Waals surface area (Å²) >= 11 is 0. The summed E-state index contributed by atoms with van der Waals surface area (Å²) in [7, 11) is -2.76. The highest BCUT2D eigenvalue weighted by molar-refractivity contribution is 7.91. The van der Waals surface area contributed by atoms with Crippen LogP contribution >= 0.6 is 0 Å². The molecule has 0 aromatic rings. The molecule has 0 unspecified atom stereocenters. The Morgan fingerprint density at radius 2 is 1.50 bits per heavy atom. The monoisotopic (exact) mass is 164 g/mol. The summed E-state index contributed by atoms with van der Waals surface area (Å²) in [5, 5.41) is -0.113. The average molecular weight is 164 g/mol. The van der Waals surface area contributed by atoms with Gasteiger partial charge in [-0.2, -0.15) is 0 Å². The van der Waals surface area contributed by atoms with Crippen LogP contribution in [0.2, 0.25) is 0 Å². The van der Waals surface area contributed by atoms with Gasteiger partial charge in [0.25, 0.3) is 0 Å². The van der Waals surface area contributed by atoms with E-state index in [1.54, 1.807) is 6.92 Å². The summed E-state index contributed by atoms with van der Waals surface area (Å²) in [6.45, 7) is 5.54. The zero-order chi connectivity index (χ0) is 8.20. The van der Waals surface area contributed by atoms with Gasteiger partial charge in [-0.25, -0.2) is 8.42 Å². The largest absolute Gasteiger partial charge is 0.229 e. The third kappa shape index (κ3) is 2.29. The first-order chi connectivity index (χ1) is 4.58. The normalized spacial score (nSPS) is 12.4. The lowest BCUT2D eigenvalue weighted by molar-refractivity contribution is 0.573. The van der Waals surface area contributed by atoms with E-state index in [1.165, 1.54) is 0 Å². The molecule has 0 aliphatic rings. The Bertz CT molecular complexity index is 166. The zero-order valence-corrected chi connectivity index (χ0v) is 7.74. The Kier molecular flexibility index (Phi) is 3.94. The second kappa shape index (κ2) is 3.96. The molecule has 0 rings (SSSR count). The molecule has 0 N–H and O–H groups in total. The van der Waals surface area contributed by atoms with E-state index >= 15 is 0 Å². The summed E-state index contributed by atoms with van der Waals surface area (Å²) < 4.78 is 22.3. The van der Waals surface area contributed by atoms with Crippen molar-refractivity contribution in [2.45, 2.75) is 38.9 Å². The molecule has 62 valence electrons. The fourth-order valence-corrected chi connectivity index (χ4v) is 2.52. The van der Waals surface area contributed by atoms with Crippen molar-refractivity contribution in [3.05, 3.63) is 0 Å². The van der Waals surface area contributed by atoms with E-state index in [0.29, 0.717) is 0 Å². The fourth-order valence-electron chi connectivity index (χ4n) is 1.03. The molecular weight excluding hydrogens is 148 g/mol. The van der Waals surface area contributed by atoms with Gasteiger partial charge in [0.1, 0.15) is 0 Å². The van der Waals surface area contributed by atoms with Crippen molar-refractivity contribution in [3.63, 3.8) is 0 Å². The molecule has 0 saturated carbocycles. The third-order valence-electron chi connectivity index (χ3n) is 1.82. The van der Waals surface area contributed by atoms with Crippen LogP contribution in [0.4, 0.5) is 0 Å². The lowest BCUT2D eigenvalue weighted by Crippen LogP contribution is -2.21. The van der Waals surface area contributed by atoms with E-state index in [9.17, 15) is 8.42 Å². The van der Waals surface area contributed by atoms with Gasteiger partial charge < -0.3 is 0 Å². The standard InChI is InChI=1S/C7H16O2S/c1-4-7(5-2)10(8,9)6-3/h7H,4-6H2,1-3H3. The minimum absolute atomic E-state index is 0.113. The maximum atomic E-state index is 11.2. The van der Waals surface area contributed by atoms with Crippen molar-refractivity contribution in [2.75, 3.05) is 5.75 Å². The van der Waals surface area contributed by atoms with Crippen LogP contribution in [0.3, 0.4) is 0 Å². The molecule has 0 spiro atoms. The Morgan fingerprint density at radius 3 is 1.60 bits per heavy atom. The number of hydrogen-bond donors (Lipinski definition) is 0. The fraction of sp³-hybridized carbons (Fsp3) is 1.00. The van der Waals surface area contributed by atoms with Gasteiger partial charge in [0, 0.05) is 5.75 Å². The average Bonchev–Trinajstić information content (AvgIpc) is 1.90. The Morgan fingerprint density at radius 1 is 1.10 bits per heavy atom. The van der Waals surface area contributed by atoms with E-state index in [2.05, 4.69) is 0 Å². The molecular formula is C7H16O2S. The molecule has 0 aromatic heterocycles. The number of sulfone groups is 1. The molecule has 2 nitrogen and oxygen atoms in total. The smallest absolute Gasteiger partial charge is 0.152 e. The third-order valence-corrected chi connectivity index (χ3v) is 4.31. The van der Waals surface area contributed by atoms with Gasteiger partial charge in [0.05, 0.1) is 5.25 Å². The van der Waals surface area contributed by atoms with Crippen LogP contribution in [-0.2, 0) is 9.84 Å². The summed E-state index contributed by atoms with van der Waals surface area (Å²) in [6.07, 6.45) is 1.49. The van der Waals surface area contributed by atoms with Crippen LogP contribution in [0.5, 0.6) is 0 Å². The molecule has 0 amide bonds. The SMILES string of the molecule is CCC(CC)S(=O)(=O)CC. The highest BCUT2D eigenvalue weighted by Gasteiger charge is 2.18. The van der Waals surface area contributed by atoms with E-state index in [-0.39, 0.29) is 11.0 Å². The van der Waals surface area contributed by atoms with Crippen LogP contribution in [-0.4, -0.2) is 19.4 Å². The second-order valence-electron chi connectivity index (χ2n) is 2.39. The molecule has 0 fully saturated rings. The first kappa shape index (κ1) is 9.95. The molecule has 0 radical (unpaired) electrons. The summed E-state index contributed by atoms with van der Waals surface area (Å²) in [6, 6.07) is 0. The highest BCUT2D eigenvalue weighted by atomic mass is 32.2. The molecule has 0 aliphatic heterocycles. The van der Waals surface area contributed by atoms with Crippen LogP contribution in [0.1, 0.15) is 33.6 Å². The predicted molar refractivity (Wildman–Crippen MR) is 43.8 cm³/mol. The molecule has 0 atom stereocenters. The molecule has 3 heteroatoms. The predicted octanol–water partition coefficient (Wildman–Crippen LogP) is 1.61. The van der Waals surface area contributed by atoms with Crippen LogP contribution in [0.25, 0.3) is 0 Å². The molecule has 0 saturated heterocycles. The maximum absolute atomic E-state index is 11.2. The Labute approximate surface area is 63.6 Å². The zero-order valence-electron chi connectivity index (χ0n) is 6.92. The Balaban J connectivity index is 4.28. The summed E-state index contributed by atoms with van der Waals surface area (Å²) in [5.41, 5.74) is 0. The van der Waals surface area contributed by atoms with Gasteiger partial charge in [-0.1, -0.05) is 20.8 Å². The number of rotatable bonds is 4. The van der Waals surface area contributed by atoms with Crippen LogP contribution in [0, 0.1) is 0 Å². The van der Waals surface area contributed by atoms with E-state index < -0.39 is 9.84 Å². The van der Waals surface area contributed by atoms with Gasteiger partial charge in [0.2, 0.25) is 0 Å². The van der Waals surface area contributed by atoms with E-state index in [4.69, 9.17) is 0 Å². The first-order valence-corrected chi connectivity index (χ1v) is 5.51. The van der Waals surface area contributed by atoms with Gasteiger partial charge in [-0.05, 0) is 12.8 Å². The summed E-state index contributed by atoms with van der Waals surface area (Å²) in [5.74, 6) is 0.277. The van der Waals surface area contributed by atoms with Crippen molar-refractivity contribution in [1.82, 2.24) is 0 Å². The van der Waals surface area contributed by atoms with Crippen molar-refractivity contribution in [3.8, 4) is 0 Å². The molecule has 0 bridgehead atoms. The van der Waals surface area contributed by atoms with Gasteiger partial charge >= 0.3 is 0 Å². The molecule has 0 heterocycles. The van der Waals surface area contributed by atoms with Crippen molar-refractivity contribution in [2.24, 2.45) is 0 Å². The Hall–Kier alpha value is -0.0500. The van der Waals surface area contributed by atoms with Crippen LogP contribution in [0.15, 0.2) is 0 Å². The van der Waals surface area contributed by atoms with Gasteiger partial charge in [-0.15, -0.1) is 0 Å². The highest BCUT2D eigenvalue weighted by Crippen LogP contribution is 2.09. The van der Waals surface area contributed by atoms with Crippen molar-refractivity contribution >= 4 is 9.84 Å². The maximum Gasteiger partial charge on any atom is 0.152 e. The lowest BCUT2D eigenvalue weighted by atomic mass is 10.3. The van der Waals surface area contributed by atoms with Crippen molar-refractivity contribution < 1.29 is 8.42 Å². The topological polar surface area (TPSA) is 34.1 Å².